The summed E-state index contributed by atoms with van der Waals surface area (Å²) in [5.41, 5.74) is 1.14. The van der Waals surface area contributed by atoms with E-state index in [2.05, 4.69) is 5.32 Å². The first kappa shape index (κ1) is 22.4. The van der Waals surface area contributed by atoms with Gasteiger partial charge in [-0.05, 0) is 30.2 Å². The lowest BCUT2D eigenvalue weighted by Gasteiger charge is -2.27. The molecular weight excluding hydrogens is 445 g/mol. The molecule has 1 fully saturated rings. The molecule has 0 spiro atoms. The molecule has 0 aromatic heterocycles. The number of nitro groups is 1. The molecular formula is C20H22FN3O7S. The number of benzene rings is 2. The molecule has 32 heavy (non-hydrogen) atoms. The van der Waals surface area contributed by atoms with Crippen LogP contribution in [0.25, 0.3) is 0 Å². The lowest BCUT2D eigenvalue weighted by Crippen LogP contribution is -2.40. The zero-order valence-electron chi connectivity index (χ0n) is 17.1. The summed E-state index contributed by atoms with van der Waals surface area (Å²) < 4.78 is 57.5. The Bertz CT molecular complexity index is 1120. The average molecular weight is 467 g/mol. The Kier molecular flexibility index (Phi) is 6.55. The van der Waals surface area contributed by atoms with Crippen LogP contribution in [0.3, 0.4) is 0 Å². The van der Waals surface area contributed by atoms with Crippen LogP contribution in [0.5, 0.6) is 5.75 Å². The molecule has 0 amide bonds. The summed E-state index contributed by atoms with van der Waals surface area (Å²) in [5.74, 6) is 0.142. The van der Waals surface area contributed by atoms with Gasteiger partial charge in [-0.1, -0.05) is 0 Å². The number of ether oxygens (including phenoxy) is 3. The second kappa shape index (κ2) is 9.36. The minimum absolute atomic E-state index is 0.0728. The van der Waals surface area contributed by atoms with Crippen LogP contribution in [-0.4, -0.2) is 57.3 Å². The molecule has 172 valence electrons. The number of fused-ring (bicyclic) bond motifs is 1. The van der Waals surface area contributed by atoms with Crippen LogP contribution in [0.4, 0.5) is 15.8 Å². The highest BCUT2D eigenvalue weighted by Gasteiger charge is 2.30. The molecule has 10 nitrogen and oxygen atoms in total. The molecule has 0 atom stereocenters. The van der Waals surface area contributed by atoms with Gasteiger partial charge < -0.3 is 19.5 Å². The molecule has 2 aromatic carbocycles. The molecule has 12 heteroatoms. The van der Waals surface area contributed by atoms with Crippen LogP contribution in [0.1, 0.15) is 11.1 Å². The van der Waals surface area contributed by atoms with E-state index < -0.39 is 20.8 Å². The highest BCUT2D eigenvalue weighted by Crippen LogP contribution is 2.32. The van der Waals surface area contributed by atoms with Gasteiger partial charge in [0.15, 0.2) is 6.79 Å². The number of halogens is 1. The van der Waals surface area contributed by atoms with E-state index in [1.54, 1.807) is 0 Å². The minimum Gasteiger partial charge on any atom is -0.467 e. The second-order valence-corrected chi connectivity index (χ2v) is 9.20. The average Bonchev–Trinajstić information content (AvgIpc) is 2.79. The lowest BCUT2D eigenvalue weighted by molar-refractivity contribution is -0.385. The van der Waals surface area contributed by atoms with Gasteiger partial charge in [-0.15, -0.1) is 0 Å². The first-order chi connectivity index (χ1) is 15.4. The van der Waals surface area contributed by atoms with Crippen LogP contribution in [0, 0.1) is 15.9 Å². The fraction of sp³-hybridized carbons (Fsp3) is 0.400. The van der Waals surface area contributed by atoms with Crippen molar-refractivity contribution in [1.29, 1.82) is 0 Å². The molecule has 2 aromatic rings. The Morgan fingerprint density at radius 2 is 1.94 bits per heavy atom. The standard InChI is InChI=1S/C20H22FN3O7S/c21-16-9-14(20-15(10-16)12-30-13-31-20)3-4-22-18-2-1-17(24(25)26)11-19(18)32(27,28)23-5-7-29-8-6-23/h1-2,9-11,22H,3-8,12-13H2. The number of non-ortho nitro benzene ring substituents is 1. The molecule has 2 heterocycles. The fourth-order valence-corrected chi connectivity index (χ4v) is 5.28. The van der Waals surface area contributed by atoms with Crippen molar-refractivity contribution in [2.45, 2.75) is 17.9 Å². The van der Waals surface area contributed by atoms with Crippen LogP contribution < -0.4 is 10.1 Å². The summed E-state index contributed by atoms with van der Waals surface area (Å²) in [6.45, 7) is 1.42. The van der Waals surface area contributed by atoms with Crippen molar-refractivity contribution in [3.8, 4) is 5.75 Å². The van der Waals surface area contributed by atoms with Crippen LogP contribution >= 0.6 is 0 Å². The van der Waals surface area contributed by atoms with Gasteiger partial charge in [0.25, 0.3) is 5.69 Å². The normalized spacial score (nSPS) is 16.8. The predicted octanol–water partition coefficient (Wildman–Crippen LogP) is 2.28. The van der Waals surface area contributed by atoms with Gasteiger partial charge in [-0.2, -0.15) is 4.31 Å². The molecule has 1 saturated heterocycles. The van der Waals surface area contributed by atoms with E-state index in [-0.39, 0.29) is 62.5 Å². The van der Waals surface area contributed by atoms with Gasteiger partial charge in [0.05, 0.1) is 30.4 Å². The van der Waals surface area contributed by atoms with E-state index >= 15 is 0 Å². The van der Waals surface area contributed by atoms with Crippen molar-refractivity contribution < 1.29 is 31.9 Å². The number of morpholine rings is 1. The van der Waals surface area contributed by atoms with Gasteiger partial charge in [0.1, 0.15) is 16.5 Å². The summed E-state index contributed by atoms with van der Waals surface area (Å²) >= 11 is 0. The molecule has 0 unspecified atom stereocenters. The van der Waals surface area contributed by atoms with Crippen molar-refractivity contribution in [3.63, 3.8) is 0 Å². The summed E-state index contributed by atoms with van der Waals surface area (Å²) in [6, 6.07) is 6.39. The number of sulfonamides is 1. The number of nitrogens with zero attached hydrogens (tertiary/aromatic N) is 2. The maximum absolute atomic E-state index is 14.0. The molecule has 0 radical (unpaired) electrons. The Labute approximate surface area is 184 Å². The van der Waals surface area contributed by atoms with E-state index in [0.717, 1.165) is 6.07 Å². The number of rotatable bonds is 7. The largest absolute Gasteiger partial charge is 0.467 e. The Morgan fingerprint density at radius 3 is 2.69 bits per heavy atom. The zero-order valence-corrected chi connectivity index (χ0v) is 17.9. The monoisotopic (exact) mass is 467 g/mol. The Morgan fingerprint density at radius 1 is 1.16 bits per heavy atom. The predicted molar refractivity (Wildman–Crippen MR) is 112 cm³/mol. The maximum atomic E-state index is 14.0. The van der Waals surface area contributed by atoms with Crippen molar-refractivity contribution in [2.24, 2.45) is 0 Å². The smallest absolute Gasteiger partial charge is 0.270 e. The molecule has 4 rings (SSSR count). The van der Waals surface area contributed by atoms with E-state index in [1.165, 1.54) is 28.6 Å². The van der Waals surface area contributed by atoms with Gasteiger partial charge >= 0.3 is 0 Å². The number of nitrogens with one attached hydrogen (secondary N) is 1. The van der Waals surface area contributed by atoms with E-state index in [4.69, 9.17) is 14.2 Å². The highest BCUT2D eigenvalue weighted by atomic mass is 32.2. The number of anilines is 1. The second-order valence-electron chi connectivity index (χ2n) is 7.29. The highest BCUT2D eigenvalue weighted by molar-refractivity contribution is 7.89. The number of hydrogen-bond donors (Lipinski definition) is 1. The van der Waals surface area contributed by atoms with Gasteiger partial charge in [0, 0.05) is 37.3 Å². The van der Waals surface area contributed by atoms with E-state index in [9.17, 15) is 22.9 Å². The summed E-state index contributed by atoms with van der Waals surface area (Å²) in [4.78, 5) is 10.4. The molecule has 0 saturated carbocycles. The SMILES string of the molecule is O=[N+]([O-])c1ccc(NCCc2cc(F)cc3c2OCOC3)c(S(=O)(=O)N2CCOCC2)c1. The first-order valence-electron chi connectivity index (χ1n) is 9.98. The lowest BCUT2D eigenvalue weighted by atomic mass is 10.1. The number of nitro benzene ring substituents is 1. The van der Waals surface area contributed by atoms with Gasteiger partial charge in [-0.3, -0.25) is 10.1 Å². The minimum atomic E-state index is -3.98. The van der Waals surface area contributed by atoms with Crippen molar-refractivity contribution in [1.82, 2.24) is 4.31 Å². The maximum Gasteiger partial charge on any atom is 0.270 e. The van der Waals surface area contributed by atoms with Crippen LogP contribution in [-0.2, 0) is 32.5 Å². The topological polar surface area (TPSA) is 120 Å². The zero-order chi connectivity index (χ0) is 22.7. The third-order valence-corrected chi connectivity index (χ3v) is 7.16. The number of hydrogen-bond acceptors (Lipinski definition) is 8. The summed E-state index contributed by atoms with van der Waals surface area (Å²) in [5, 5.41) is 14.3. The van der Waals surface area contributed by atoms with Crippen molar-refractivity contribution in [2.75, 3.05) is 45.0 Å². The van der Waals surface area contributed by atoms with E-state index in [0.29, 0.717) is 23.3 Å². The molecule has 2 aliphatic rings. The van der Waals surface area contributed by atoms with Crippen LogP contribution in [0.15, 0.2) is 35.2 Å². The first-order valence-corrected chi connectivity index (χ1v) is 11.4. The summed E-state index contributed by atoms with van der Waals surface area (Å²) in [7, 11) is -3.98. The van der Waals surface area contributed by atoms with Crippen LogP contribution in [0.2, 0.25) is 0 Å². The fourth-order valence-electron chi connectivity index (χ4n) is 3.68. The Hall–Kier alpha value is -2.80. The molecule has 2 aliphatic heterocycles. The summed E-state index contributed by atoms with van der Waals surface area (Å²) in [6.07, 6.45) is 0.341. The molecule has 0 aliphatic carbocycles. The van der Waals surface area contributed by atoms with Crippen molar-refractivity contribution >= 4 is 21.4 Å². The molecule has 0 bridgehead atoms. The quantitative estimate of drug-likeness (QED) is 0.486. The molecule has 1 N–H and O–H groups in total. The van der Waals surface area contributed by atoms with E-state index in [1.807, 2.05) is 0 Å². The third-order valence-electron chi connectivity index (χ3n) is 5.23. The third kappa shape index (κ3) is 4.67. The van der Waals surface area contributed by atoms with Crippen molar-refractivity contribution in [3.05, 3.63) is 57.4 Å². The Balaban J connectivity index is 1.58. The van der Waals surface area contributed by atoms with Gasteiger partial charge in [-0.25, -0.2) is 12.8 Å². The van der Waals surface area contributed by atoms with Gasteiger partial charge in [0.2, 0.25) is 10.0 Å².